The molecule has 1 heterocycles. The lowest BCUT2D eigenvalue weighted by Gasteiger charge is -2.30. The van der Waals surface area contributed by atoms with E-state index in [9.17, 15) is 18.0 Å². The van der Waals surface area contributed by atoms with Crippen molar-refractivity contribution in [2.45, 2.75) is 45.3 Å². The number of ether oxygens (including phenoxy) is 1. The van der Waals surface area contributed by atoms with Crippen LogP contribution in [0.3, 0.4) is 0 Å². The molecule has 0 radical (unpaired) electrons. The number of alkyl halides is 3. The van der Waals surface area contributed by atoms with Gasteiger partial charge in [-0.3, -0.25) is 15.1 Å². The number of hydrogen-bond acceptors (Lipinski definition) is 5. The summed E-state index contributed by atoms with van der Waals surface area (Å²) in [6.45, 7) is 5.81. The first-order chi connectivity index (χ1) is 13.4. The number of nitrogens with zero attached hydrogens (tertiary/aromatic N) is 3. The van der Waals surface area contributed by atoms with Gasteiger partial charge in [-0.25, -0.2) is 0 Å². The first kappa shape index (κ1) is 22.6. The third kappa shape index (κ3) is 4.50. The zero-order chi connectivity index (χ0) is 22.0. The number of esters is 1. The van der Waals surface area contributed by atoms with Gasteiger partial charge in [-0.15, -0.1) is 0 Å². The van der Waals surface area contributed by atoms with E-state index in [1.165, 1.54) is 17.0 Å². The number of hydrogen-bond donors (Lipinski definition) is 1. The van der Waals surface area contributed by atoms with E-state index in [1.807, 2.05) is 0 Å². The Balaban J connectivity index is 2.31. The minimum atomic E-state index is -4.71. The number of nitriles is 1. The number of anilines is 1. The Morgan fingerprint density at radius 1 is 1.38 bits per heavy atom. The van der Waals surface area contributed by atoms with Crippen LogP contribution < -0.4 is 4.90 Å². The zero-order valence-electron chi connectivity index (χ0n) is 16.3. The highest BCUT2D eigenvalue weighted by Gasteiger charge is 2.46. The predicted octanol–water partition coefficient (Wildman–Crippen LogP) is 4.08. The van der Waals surface area contributed by atoms with Crippen molar-refractivity contribution < 1.29 is 22.7 Å². The molecular weight excluding hydrogens is 405 g/mol. The van der Waals surface area contributed by atoms with E-state index in [4.69, 9.17) is 27.6 Å². The van der Waals surface area contributed by atoms with E-state index < -0.39 is 22.8 Å². The zero-order valence-corrected chi connectivity index (χ0v) is 17.1. The van der Waals surface area contributed by atoms with Crippen molar-refractivity contribution in [2.75, 3.05) is 18.1 Å². The van der Waals surface area contributed by atoms with Crippen LogP contribution in [0, 0.1) is 16.7 Å². The standard InChI is InChI=1S/C19H21F3N4O2S/c1-4-28-15(27)6-5-9-25-17(29)26(16(24)18(25,2)3)13-8-7-12(11-23)14(10-13)19(20,21)22/h7-8,10,24H,4-6,9H2,1-3H3. The second-order valence-electron chi connectivity index (χ2n) is 6.93. The number of benzene rings is 1. The third-order valence-electron chi connectivity index (χ3n) is 4.66. The smallest absolute Gasteiger partial charge is 0.417 e. The molecule has 156 valence electrons. The minimum Gasteiger partial charge on any atom is -0.466 e. The first-order valence-electron chi connectivity index (χ1n) is 8.92. The molecular formula is C19H21F3N4O2S. The van der Waals surface area contributed by atoms with E-state index in [0.717, 1.165) is 12.1 Å². The highest BCUT2D eigenvalue weighted by atomic mass is 32.1. The molecule has 1 aliphatic rings. The maximum atomic E-state index is 13.3. The lowest BCUT2D eigenvalue weighted by molar-refractivity contribution is -0.143. The Bertz CT molecular complexity index is 877. The number of rotatable bonds is 6. The fourth-order valence-electron chi connectivity index (χ4n) is 3.09. The van der Waals surface area contributed by atoms with Gasteiger partial charge in [0.1, 0.15) is 5.84 Å². The topological polar surface area (TPSA) is 80.4 Å². The number of thiocarbonyl (C=S) groups is 1. The lowest BCUT2D eigenvalue weighted by atomic mass is 10.0. The first-order valence-corrected chi connectivity index (χ1v) is 9.33. The molecule has 0 bridgehead atoms. The molecule has 10 heteroatoms. The van der Waals surface area contributed by atoms with Crippen LogP contribution >= 0.6 is 12.2 Å². The highest BCUT2D eigenvalue weighted by molar-refractivity contribution is 7.80. The van der Waals surface area contributed by atoms with Crippen molar-refractivity contribution in [2.24, 2.45) is 0 Å². The number of halogens is 3. The van der Waals surface area contributed by atoms with Gasteiger partial charge in [0, 0.05) is 13.0 Å². The monoisotopic (exact) mass is 426 g/mol. The van der Waals surface area contributed by atoms with Crippen molar-refractivity contribution in [3.63, 3.8) is 0 Å². The maximum Gasteiger partial charge on any atom is 0.417 e. The van der Waals surface area contributed by atoms with Crippen molar-refractivity contribution in [3.8, 4) is 6.07 Å². The second-order valence-corrected chi connectivity index (χ2v) is 7.29. The Morgan fingerprint density at radius 2 is 2.03 bits per heavy atom. The summed E-state index contributed by atoms with van der Waals surface area (Å²) < 4.78 is 44.8. The van der Waals surface area contributed by atoms with Gasteiger partial charge in [-0.1, -0.05) is 0 Å². The van der Waals surface area contributed by atoms with E-state index in [0.29, 0.717) is 13.0 Å². The van der Waals surface area contributed by atoms with E-state index >= 15 is 0 Å². The Hall–Kier alpha value is -2.67. The van der Waals surface area contributed by atoms with Gasteiger partial charge in [-0.05, 0) is 57.6 Å². The molecule has 1 fully saturated rings. The van der Waals surface area contributed by atoms with Gasteiger partial charge in [0.05, 0.1) is 35.0 Å². The molecule has 0 spiro atoms. The van der Waals surface area contributed by atoms with Crippen LogP contribution in [0.5, 0.6) is 0 Å². The van der Waals surface area contributed by atoms with E-state index in [1.54, 1.807) is 25.7 Å². The number of carbonyl (C=O) groups is 1. The summed E-state index contributed by atoms with van der Waals surface area (Å²) in [4.78, 5) is 14.5. The van der Waals surface area contributed by atoms with Crippen LogP contribution in [0.1, 0.15) is 44.7 Å². The van der Waals surface area contributed by atoms with Crippen LogP contribution in [-0.4, -0.2) is 40.5 Å². The van der Waals surface area contributed by atoms with Gasteiger partial charge in [0.2, 0.25) is 0 Å². The molecule has 0 aliphatic carbocycles. The van der Waals surface area contributed by atoms with Gasteiger partial charge in [0.15, 0.2) is 5.11 Å². The van der Waals surface area contributed by atoms with Crippen LogP contribution in [0.15, 0.2) is 18.2 Å². The Kier molecular flexibility index (Phi) is 6.53. The summed E-state index contributed by atoms with van der Waals surface area (Å²) in [5, 5.41) is 17.6. The fourth-order valence-corrected chi connectivity index (χ4v) is 3.61. The van der Waals surface area contributed by atoms with Gasteiger partial charge >= 0.3 is 12.1 Å². The molecule has 0 amide bonds. The third-order valence-corrected chi connectivity index (χ3v) is 5.06. The Labute approximate surface area is 172 Å². The summed E-state index contributed by atoms with van der Waals surface area (Å²) in [6, 6.07) is 4.78. The quantitative estimate of drug-likeness (QED) is 0.545. The number of amidine groups is 1. The molecule has 1 N–H and O–H groups in total. The van der Waals surface area contributed by atoms with Gasteiger partial charge < -0.3 is 9.64 Å². The van der Waals surface area contributed by atoms with Crippen LogP contribution in [0.25, 0.3) is 0 Å². The van der Waals surface area contributed by atoms with Crippen LogP contribution in [0.2, 0.25) is 0 Å². The van der Waals surface area contributed by atoms with Crippen LogP contribution in [0.4, 0.5) is 18.9 Å². The maximum absolute atomic E-state index is 13.3. The van der Waals surface area contributed by atoms with Gasteiger partial charge in [0.25, 0.3) is 0 Å². The molecule has 1 aromatic rings. The molecule has 1 aromatic carbocycles. The van der Waals surface area contributed by atoms with Crippen LogP contribution in [-0.2, 0) is 15.7 Å². The summed E-state index contributed by atoms with van der Waals surface area (Å²) in [5.74, 6) is -0.333. The average Bonchev–Trinajstić information content (AvgIpc) is 2.80. The van der Waals surface area contributed by atoms with Gasteiger partial charge in [-0.2, -0.15) is 18.4 Å². The minimum absolute atomic E-state index is 0.0106. The van der Waals surface area contributed by atoms with E-state index in [2.05, 4.69) is 0 Å². The summed E-state index contributed by atoms with van der Waals surface area (Å²) in [6.07, 6.45) is -4.12. The molecule has 29 heavy (non-hydrogen) atoms. The summed E-state index contributed by atoms with van der Waals surface area (Å²) in [7, 11) is 0. The SMILES string of the molecule is CCOC(=O)CCCN1C(=S)N(c2ccc(C#N)c(C(F)(F)F)c2)C(=N)C1(C)C. The van der Waals surface area contributed by atoms with Crippen molar-refractivity contribution in [1.29, 1.82) is 10.7 Å². The molecule has 1 saturated heterocycles. The van der Waals surface area contributed by atoms with Crippen molar-refractivity contribution in [1.82, 2.24) is 4.90 Å². The molecule has 6 nitrogen and oxygen atoms in total. The summed E-state index contributed by atoms with van der Waals surface area (Å²) >= 11 is 5.45. The number of carbonyl (C=O) groups excluding carboxylic acids is 1. The summed E-state index contributed by atoms with van der Waals surface area (Å²) in [5.41, 5.74) is -2.39. The Morgan fingerprint density at radius 3 is 2.59 bits per heavy atom. The normalized spacial score (nSPS) is 16.2. The molecule has 2 rings (SSSR count). The lowest BCUT2D eigenvalue weighted by Crippen LogP contribution is -2.44. The molecule has 0 unspecified atom stereocenters. The largest absolute Gasteiger partial charge is 0.466 e. The second kappa shape index (κ2) is 8.37. The molecule has 0 saturated carbocycles. The molecule has 0 aromatic heterocycles. The van der Waals surface area contributed by atoms with Crippen molar-refractivity contribution in [3.05, 3.63) is 29.3 Å². The molecule has 0 atom stereocenters. The number of nitrogens with one attached hydrogen (secondary N) is 1. The fraction of sp³-hybridized carbons (Fsp3) is 0.474. The predicted molar refractivity (Wildman–Crippen MR) is 106 cm³/mol. The highest BCUT2D eigenvalue weighted by Crippen LogP contribution is 2.38. The van der Waals surface area contributed by atoms with E-state index in [-0.39, 0.29) is 35.6 Å². The average molecular weight is 426 g/mol. The molecule has 1 aliphatic heterocycles. The van der Waals surface area contributed by atoms with Crippen molar-refractivity contribution >= 4 is 34.8 Å².